The smallest absolute Gasteiger partial charge is 0.193 e. The van der Waals surface area contributed by atoms with Crippen molar-refractivity contribution in [2.45, 2.75) is 25.2 Å². The monoisotopic (exact) mass is 463 g/mol. The number of nitrogens with zero attached hydrogens (tertiary/aromatic N) is 2. The van der Waals surface area contributed by atoms with Crippen molar-refractivity contribution in [2.24, 2.45) is 10.9 Å². The SMILES string of the molecule is CCNC(=NCCSc1ccc(C)cc1)N(C)CC1CCOC1.I. The number of hydrogen-bond donors (Lipinski definition) is 1. The highest BCUT2D eigenvalue weighted by molar-refractivity contribution is 14.0. The van der Waals surface area contributed by atoms with Gasteiger partial charge in [-0.25, -0.2) is 0 Å². The molecule has 0 radical (unpaired) electrons. The Morgan fingerprint density at radius 1 is 1.38 bits per heavy atom. The van der Waals surface area contributed by atoms with E-state index >= 15 is 0 Å². The quantitative estimate of drug-likeness (QED) is 0.220. The molecule has 1 fully saturated rings. The molecule has 1 unspecified atom stereocenters. The van der Waals surface area contributed by atoms with Crippen LogP contribution in [-0.2, 0) is 4.74 Å². The summed E-state index contributed by atoms with van der Waals surface area (Å²) < 4.78 is 5.46. The molecule has 1 aliphatic heterocycles. The maximum atomic E-state index is 5.46. The van der Waals surface area contributed by atoms with Gasteiger partial charge in [-0.05, 0) is 32.4 Å². The van der Waals surface area contributed by atoms with Crippen LogP contribution in [0.4, 0.5) is 0 Å². The minimum Gasteiger partial charge on any atom is -0.381 e. The van der Waals surface area contributed by atoms with E-state index in [0.717, 1.165) is 51.0 Å². The van der Waals surface area contributed by atoms with E-state index in [2.05, 4.69) is 55.4 Å². The van der Waals surface area contributed by atoms with Gasteiger partial charge in [-0.1, -0.05) is 17.7 Å². The predicted molar refractivity (Wildman–Crippen MR) is 115 cm³/mol. The van der Waals surface area contributed by atoms with E-state index in [1.54, 1.807) is 0 Å². The summed E-state index contributed by atoms with van der Waals surface area (Å²) in [5.74, 6) is 2.63. The Morgan fingerprint density at radius 2 is 2.12 bits per heavy atom. The van der Waals surface area contributed by atoms with Crippen molar-refractivity contribution in [1.82, 2.24) is 10.2 Å². The first-order valence-electron chi connectivity index (χ1n) is 8.45. The summed E-state index contributed by atoms with van der Waals surface area (Å²) in [7, 11) is 2.12. The summed E-state index contributed by atoms with van der Waals surface area (Å²) in [6.07, 6.45) is 1.16. The van der Waals surface area contributed by atoms with Gasteiger partial charge in [-0.2, -0.15) is 0 Å². The molecule has 1 atom stereocenters. The van der Waals surface area contributed by atoms with Crippen LogP contribution in [0, 0.1) is 12.8 Å². The first-order chi connectivity index (χ1) is 11.2. The molecule has 0 aliphatic carbocycles. The van der Waals surface area contributed by atoms with Crippen molar-refractivity contribution in [3.05, 3.63) is 29.8 Å². The Balaban J connectivity index is 0.00000288. The van der Waals surface area contributed by atoms with Gasteiger partial charge in [0.15, 0.2) is 5.96 Å². The summed E-state index contributed by atoms with van der Waals surface area (Å²) >= 11 is 1.86. The highest BCUT2D eigenvalue weighted by Gasteiger charge is 2.18. The zero-order chi connectivity index (χ0) is 16.5. The third-order valence-corrected chi connectivity index (χ3v) is 4.89. The van der Waals surface area contributed by atoms with Crippen LogP contribution in [-0.4, -0.2) is 56.5 Å². The number of aryl methyl sites for hydroxylation is 1. The molecule has 0 amide bonds. The van der Waals surface area contributed by atoms with Crippen LogP contribution in [0.5, 0.6) is 0 Å². The number of ether oxygens (including phenoxy) is 1. The van der Waals surface area contributed by atoms with E-state index in [-0.39, 0.29) is 24.0 Å². The molecule has 2 rings (SSSR count). The molecular weight excluding hydrogens is 433 g/mol. The molecule has 4 nitrogen and oxygen atoms in total. The molecule has 1 aromatic carbocycles. The van der Waals surface area contributed by atoms with Crippen LogP contribution in [0.3, 0.4) is 0 Å². The lowest BCUT2D eigenvalue weighted by Crippen LogP contribution is -2.41. The Kier molecular flexibility index (Phi) is 10.8. The van der Waals surface area contributed by atoms with Crippen LogP contribution in [0.15, 0.2) is 34.2 Å². The van der Waals surface area contributed by atoms with Crippen LogP contribution in [0.2, 0.25) is 0 Å². The van der Waals surface area contributed by atoms with Gasteiger partial charge in [0.2, 0.25) is 0 Å². The molecule has 1 aromatic rings. The van der Waals surface area contributed by atoms with Crippen LogP contribution in [0.25, 0.3) is 0 Å². The number of aliphatic imine (C=N–C) groups is 1. The standard InChI is InChI=1S/C18H29N3OS.HI/c1-4-19-18(21(3)13-16-9-11-22-14-16)20-10-12-23-17-7-5-15(2)6-8-17;/h5-8,16H,4,9-14H2,1-3H3,(H,19,20);1H. The van der Waals surface area contributed by atoms with Crippen molar-refractivity contribution in [2.75, 3.05) is 45.6 Å². The molecule has 1 saturated heterocycles. The topological polar surface area (TPSA) is 36.9 Å². The first kappa shape index (κ1) is 21.6. The maximum Gasteiger partial charge on any atom is 0.193 e. The Morgan fingerprint density at radius 3 is 2.75 bits per heavy atom. The van der Waals surface area contributed by atoms with Gasteiger partial charge >= 0.3 is 0 Å². The highest BCUT2D eigenvalue weighted by Crippen LogP contribution is 2.18. The molecule has 0 saturated carbocycles. The molecule has 0 aromatic heterocycles. The summed E-state index contributed by atoms with van der Waals surface area (Å²) in [6.45, 7) is 8.75. The third kappa shape index (κ3) is 7.61. The van der Waals surface area contributed by atoms with Gasteiger partial charge in [0, 0.05) is 43.3 Å². The van der Waals surface area contributed by atoms with Crippen molar-refractivity contribution >= 4 is 41.7 Å². The van der Waals surface area contributed by atoms with Crippen LogP contribution < -0.4 is 5.32 Å². The van der Waals surface area contributed by atoms with Gasteiger partial charge in [0.25, 0.3) is 0 Å². The minimum absolute atomic E-state index is 0. The van der Waals surface area contributed by atoms with Crippen LogP contribution in [0.1, 0.15) is 18.9 Å². The lowest BCUT2D eigenvalue weighted by molar-refractivity contribution is 0.181. The molecule has 1 N–H and O–H groups in total. The lowest BCUT2D eigenvalue weighted by Gasteiger charge is -2.24. The summed E-state index contributed by atoms with van der Waals surface area (Å²) in [6, 6.07) is 8.68. The predicted octanol–water partition coefficient (Wildman–Crippen LogP) is 3.64. The van der Waals surface area contributed by atoms with Crippen molar-refractivity contribution in [1.29, 1.82) is 0 Å². The zero-order valence-electron chi connectivity index (χ0n) is 15.0. The van der Waals surface area contributed by atoms with Crippen LogP contribution >= 0.6 is 35.7 Å². The molecule has 24 heavy (non-hydrogen) atoms. The summed E-state index contributed by atoms with van der Waals surface area (Å²) in [5.41, 5.74) is 1.30. The fourth-order valence-corrected chi connectivity index (χ4v) is 3.37. The average molecular weight is 463 g/mol. The third-order valence-electron chi connectivity index (χ3n) is 3.90. The molecule has 0 bridgehead atoms. The van der Waals surface area contributed by atoms with E-state index in [0.29, 0.717) is 5.92 Å². The Hall–Kier alpha value is -0.470. The fraction of sp³-hybridized carbons (Fsp3) is 0.611. The van der Waals surface area contributed by atoms with E-state index in [1.165, 1.54) is 10.5 Å². The molecule has 1 aliphatic rings. The van der Waals surface area contributed by atoms with Gasteiger partial charge in [0.05, 0.1) is 13.2 Å². The molecular formula is C18H30IN3OS. The second-order valence-corrected chi connectivity index (χ2v) is 7.18. The normalized spacial score (nSPS) is 17.5. The van der Waals surface area contributed by atoms with Crippen molar-refractivity contribution < 1.29 is 4.74 Å². The lowest BCUT2D eigenvalue weighted by atomic mass is 10.1. The highest BCUT2D eigenvalue weighted by atomic mass is 127. The summed E-state index contributed by atoms with van der Waals surface area (Å²) in [5, 5.41) is 3.39. The van der Waals surface area contributed by atoms with E-state index < -0.39 is 0 Å². The van der Waals surface area contributed by atoms with E-state index in [9.17, 15) is 0 Å². The Bertz CT molecular complexity index is 490. The van der Waals surface area contributed by atoms with E-state index in [1.807, 2.05) is 11.8 Å². The number of nitrogens with one attached hydrogen (secondary N) is 1. The fourth-order valence-electron chi connectivity index (χ4n) is 2.62. The average Bonchev–Trinajstić information content (AvgIpc) is 3.05. The molecule has 0 spiro atoms. The number of hydrogen-bond acceptors (Lipinski definition) is 3. The second-order valence-electron chi connectivity index (χ2n) is 6.01. The zero-order valence-corrected chi connectivity index (χ0v) is 18.1. The van der Waals surface area contributed by atoms with E-state index in [4.69, 9.17) is 9.73 Å². The van der Waals surface area contributed by atoms with Gasteiger partial charge in [-0.3, -0.25) is 4.99 Å². The van der Waals surface area contributed by atoms with Gasteiger partial charge < -0.3 is 15.0 Å². The maximum absolute atomic E-state index is 5.46. The first-order valence-corrected chi connectivity index (χ1v) is 9.44. The number of thioether (sulfide) groups is 1. The van der Waals surface area contributed by atoms with Crippen molar-refractivity contribution in [3.63, 3.8) is 0 Å². The number of guanidine groups is 1. The molecule has 6 heteroatoms. The molecule has 136 valence electrons. The van der Waals surface area contributed by atoms with Gasteiger partial charge in [-0.15, -0.1) is 35.7 Å². The minimum atomic E-state index is 0. The largest absolute Gasteiger partial charge is 0.381 e. The molecule has 1 heterocycles. The number of halogens is 1. The van der Waals surface area contributed by atoms with Gasteiger partial charge in [0.1, 0.15) is 0 Å². The summed E-state index contributed by atoms with van der Waals surface area (Å²) in [4.78, 5) is 8.31. The number of rotatable bonds is 7. The van der Waals surface area contributed by atoms with Crippen molar-refractivity contribution in [3.8, 4) is 0 Å². The second kappa shape index (κ2) is 12.0. The number of benzene rings is 1. The Labute approximate surface area is 167 Å².